The lowest BCUT2D eigenvalue weighted by Gasteiger charge is -2.36. The van der Waals surface area contributed by atoms with E-state index >= 15 is 0 Å². The predicted molar refractivity (Wildman–Crippen MR) is 257 cm³/mol. The van der Waals surface area contributed by atoms with Crippen molar-refractivity contribution >= 4 is 35.5 Å². The van der Waals surface area contributed by atoms with E-state index in [9.17, 15) is 14.7 Å². The molecule has 5 aromatic carbocycles. The maximum atomic E-state index is 13.7. The van der Waals surface area contributed by atoms with Gasteiger partial charge in [-0.25, -0.2) is 9.78 Å². The molecule has 1 saturated heterocycles. The number of benzene rings is 5. The van der Waals surface area contributed by atoms with Gasteiger partial charge in [0.05, 0.1) is 23.7 Å². The Morgan fingerprint density at radius 3 is 2.08 bits per heavy atom. The molecule has 324 valence electrons. The maximum Gasteiger partial charge on any atom is 0.336 e. The van der Waals surface area contributed by atoms with Crippen LogP contribution in [0.5, 0.6) is 11.5 Å². The predicted octanol–water partition coefficient (Wildman–Crippen LogP) is 11.8. The van der Waals surface area contributed by atoms with Crippen LogP contribution in [-0.4, -0.2) is 53.0 Å². The number of rotatable bonds is 14. The molecule has 2 heterocycles. The van der Waals surface area contributed by atoms with Gasteiger partial charge < -0.3 is 25.0 Å². The van der Waals surface area contributed by atoms with E-state index in [1.54, 1.807) is 6.07 Å². The fourth-order valence-electron chi connectivity index (χ4n) is 8.24. The van der Waals surface area contributed by atoms with Crippen LogP contribution in [0.15, 0.2) is 121 Å². The lowest BCUT2D eigenvalue weighted by molar-refractivity contribution is -0.130. The minimum absolute atomic E-state index is 0.106. The number of carbonyl (C=O) groups excluding carboxylic acids is 1. The molecule has 2 N–H and O–H groups in total. The summed E-state index contributed by atoms with van der Waals surface area (Å²) in [6.07, 6.45) is 5.14. The van der Waals surface area contributed by atoms with E-state index in [2.05, 4.69) is 112 Å². The van der Waals surface area contributed by atoms with Gasteiger partial charge in [-0.2, -0.15) is 0 Å². The summed E-state index contributed by atoms with van der Waals surface area (Å²) in [7, 11) is 0. The van der Waals surface area contributed by atoms with Gasteiger partial charge in [0.1, 0.15) is 17.3 Å². The summed E-state index contributed by atoms with van der Waals surface area (Å²) >= 11 is 0. The van der Waals surface area contributed by atoms with Crippen LogP contribution in [0.2, 0.25) is 0 Å². The molecule has 1 aromatic heterocycles. The first-order valence-corrected chi connectivity index (χ1v) is 22.1. The summed E-state index contributed by atoms with van der Waals surface area (Å²) in [6.45, 7) is 17.9. The molecule has 0 saturated carbocycles. The largest absolute Gasteiger partial charge is 0.478 e. The minimum Gasteiger partial charge on any atom is -0.478 e. The SMILES string of the molecule is CCc1c(C(=O)O)cc(/C=C/c2ccccc2)nc1NC(Cc1cccc(CC(=O)N2CCN(c3ccc(C(C)(C)C)cc3)CC2)c1)c1ccc(Oc2cc(C)c(C)c(C)c2)cc1. The lowest BCUT2D eigenvalue weighted by Crippen LogP contribution is -2.49. The van der Waals surface area contributed by atoms with Gasteiger partial charge in [-0.15, -0.1) is 0 Å². The number of carboxylic acid groups (broad SMARTS) is 1. The Morgan fingerprint density at radius 1 is 0.778 bits per heavy atom. The number of hydrogen-bond donors (Lipinski definition) is 2. The Labute approximate surface area is 373 Å². The Morgan fingerprint density at radius 2 is 1.44 bits per heavy atom. The molecule has 1 amide bonds. The van der Waals surface area contributed by atoms with Crippen LogP contribution in [0, 0.1) is 20.8 Å². The van der Waals surface area contributed by atoms with Crippen LogP contribution < -0.4 is 15.0 Å². The van der Waals surface area contributed by atoms with Gasteiger partial charge >= 0.3 is 5.97 Å². The summed E-state index contributed by atoms with van der Waals surface area (Å²) < 4.78 is 6.33. The average Bonchev–Trinajstić information content (AvgIpc) is 3.27. The second-order valence-electron chi connectivity index (χ2n) is 17.7. The molecule has 1 unspecified atom stereocenters. The van der Waals surface area contributed by atoms with Crippen molar-refractivity contribution in [1.29, 1.82) is 0 Å². The number of nitrogens with one attached hydrogen (secondary N) is 1. The van der Waals surface area contributed by atoms with Crippen molar-refractivity contribution in [2.45, 2.75) is 79.2 Å². The van der Waals surface area contributed by atoms with E-state index in [1.165, 1.54) is 27.9 Å². The first-order valence-electron chi connectivity index (χ1n) is 22.1. The summed E-state index contributed by atoms with van der Waals surface area (Å²) in [5, 5.41) is 14.1. The molecule has 0 radical (unpaired) electrons. The number of anilines is 2. The fourth-order valence-corrected chi connectivity index (χ4v) is 8.24. The fraction of sp³-hybridized carbons (Fsp3) is 0.291. The number of ether oxygens (including phenoxy) is 1. The zero-order valence-corrected chi connectivity index (χ0v) is 37.7. The summed E-state index contributed by atoms with van der Waals surface area (Å²) in [5.74, 6) is 1.15. The normalized spacial score (nSPS) is 13.6. The molecule has 1 aliphatic rings. The van der Waals surface area contributed by atoms with E-state index < -0.39 is 5.97 Å². The number of carbonyl (C=O) groups is 2. The zero-order valence-electron chi connectivity index (χ0n) is 37.7. The quantitative estimate of drug-likeness (QED) is 0.113. The molecule has 7 rings (SSSR count). The first-order chi connectivity index (χ1) is 30.2. The molecule has 8 heteroatoms. The average molecular weight is 841 g/mol. The highest BCUT2D eigenvalue weighted by atomic mass is 16.5. The highest BCUT2D eigenvalue weighted by molar-refractivity contribution is 5.92. The van der Waals surface area contributed by atoms with Crippen LogP contribution >= 0.6 is 0 Å². The van der Waals surface area contributed by atoms with Crippen LogP contribution in [0.1, 0.15) is 99.9 Å². The molecule has 1 atom stereocenters. The summed E-state index contributed by atoms with van der Waals surface area (Å²) in [6, 6.07) is 40.5. The van der Waals surface area contributed by atoms with Gasteiger partial charge in [0.2, 0.25) is 5.91 Å². The molecule has 6 aromatic rings. The number of piperazine rings is 1. The Bertz CT molecular complexity index is 2550. The van der Waals surface area contributed by atoms with E-state index in [4.69, 9.17) is 9.72 Å². The number of aryl methyl sites for hydroxylation is 2. The van der Waals surface area contributed by atoms with Gasteiger partial charge in [0, 0.05) is 37.4 Å². The lowest BCUT2D eigenvalue weighted by atomic mass is 9.87. The van der Waals surface area contributed by atoms with Gasteiger partial charge in [-0.05, 0) is 132 Å². The van der Waals surface area contributed by atoms with Crippen molar-refractivity contribution in [2.24, 2.45) is 0 Å². The minimum atomic E-state index is -1.00. The number of aromatic carboxylic acids is 1. The zero-order chi connectivity index (χ0) is 44.7. The van der Waals surface area contributed by atoms with Crippen molar-refractivity contribution < 1.29 is 19.4 Å². The molecule has 0 aliphatic carbocycles. The second-order valence-corrected chi connectivity index (χ2v) is 17.7. The number of carboxylic acids is 1. The topological polar surface area (TPSA) is 95.0 Å². The Balaban J connectivity index is 1.12. The van der Waals surface area contributed by atoms with Gasteiger partial charge in [0.25, 0.3) is 0 Å². The Kier molecular flexibility index (Phi) is 13.8. The van der Waals surface area contributed by atoms with Crippen molar-refractivity contribution in [3.63, 3.8) is 0 Å². The van der Waals surface area contributed by atoms with E-state index in [-0.39, 0.29) is 22.9 Å². The first kappa shape index (κ1) is 44.4. The number of aromatic nitrogens is 1. The van der Waals surface area contributed by atoms with Crippen molar-refractivity contribution in [1.82, 2.24) is 9.88 Å². The van der Waals surface area contributed by atoms with Crippen LogP contribution in [0.3, 0.4) is 0 Å². The third-order valence-electron chi connectivity index (χ3n) is 12.2. The van der Waals surface area contributed by atoms with Crippen molar-refractivity contribution in [2.75, 3.05) is 36.4 Å². The number of nitrogens with zero attached hydrogens (tertiary/aromatic N) is 3. The molecule has 1 aliphatic heterocycles. The van der Waals surface area contributed by atoms with Gasteiger partial charge in [-0.3, -0.25) is 4.79 Å². The molecule has 0 spiro atoms. The van der Waals surface area contributed by atoms with Gasteiger partial charge in [-0.1, -0.05) is 113 Å². The third-order valence-corrected chi connectivity index (χ3v) is 12.2. The van der Waals surface area contributed by atoms with Crippen LogP contribution in [-0.2, 0) is 29.5 Å². The van der Waals surface area contributed by atoms with E-state index in [0.717, 1.165) is 41.1 Å². The molecule has 1 fully saturated rings. The van der Waals surface area contributed by atoms with Crippen LogP contribution in [0.4, 0.5) is 11.5 Å². The standard InChI is InChI=1S/C55H60N4O4/c1-8-49-50(54(61)62)36-45(22-17-40-13-10-9-11-14-40)56-53(49)57-51(43-18-25-47(26-19-43)63-48-31-37(2)39(4)38(3)32-48)34-41-15-12-16-42(33-41)35-52(60)59-29-27-58(28-30-59)46-23-20-44(21-24-46)55(5,6)7/h9-26,31-33,36,51H,8,27-30,34-35H2,1-7H3,(H,56,57)(H,61,62)/b22-17+. The molecule has 0 bridgehead atoms. The molecular weight excluding hydrogens is 781 g/mol. The molecule has 8 nitrogen and oxygen atoms in total. The second kappa shape index (κ2) is 19.6. The highest BCUT2D eigenvalue weighted by Crippen LogP contribution is 2.32. The van der Waals surface area contributed by atoms with Gasteiger partial charge in [0.15, 0.2) is 0 Å². The molecular formula is C55H60N4O4. The van der Waals surface area contributed by atoms with E-state index in [1.807, 2.05) is 78.6 Å². The summed E-state index contributed by atoms with van der Waals surface area (Å²) in [5.41, 5.74) is 11.6. The number of hydrogen-bond acceptors (Lipinski definition) is 6. The molecule has 63 heavy (non-hydrogen) atoms. The van der Waals surface area contributed by atoms with Crippen LogP contribution in [0.25, 0.3) is 12.2 Å². The summed E-state index contributed by atoms with van der Waals surface area (Å²) in [4.78, 5) is 35.8. The Hall–Kier alpha value is -6.67. The highest BCUT2D eigenvalue weighted by Gasteiger charge is 2.24. The maximum absolute atomic E-state index is 13.7. The number of pyridine rings is 1. The van der Waals surface area contributed by atoms with Crippen molar-refractivity contribution in [3.05, 3.63) is 183 Å². The monoisotopic (exact) mass is 840 g/mol. The van der Waals surface area contributed by atoms with Crippen molar-refractivity contribution in [3.8, 4) is 11.5 Å². The van der Waals surface area contributed by atoms with E-state index in [0.29, 0.717) is 55.2 Å². The smallest absolute Gasteiger partial charge is 0.336 e. The number of amides is 1. The third kappa shape index (κ3) is 11.2.